The Morgan fingerprint density at radius 2 is 1.89 bits per heavy atom. The lowest BCUT2D eigenvalue weighted by Gasteiger charge is -2.28. The predicted octanol–water partition coefficient (Wildman–Crippen LogP) is 4.03. The molecule has 1 aliphatic carbocycles. The molecule has 2 nitrogen and oxygen atoms in total. The molecule has 2 rings (SSSR count). The minimum Gasteiger partial charge on any atom is -0.388 e. The Morgan fingerprint density at radius 1 is 1.26 bits per heavy atom. The lowest BCUT2D eigenvalue weighted by atomic mass is 10.1. The van der Waals surface area contributed by atoms with Crippen molar-refractivity contribution >= 4 is 11.6 Å². The van der Waals surface area contributed by atoms with E-state index in [-0.39, 0.29) is 6.10 Å². The van der Waals surface area contributed by atoms with Crippen LogP contribution in [0.2, 0.25) is 5.02 Å². The maximum atomic E-state index is 10.2. The molecule has 0 spiro atoms. The first-order chi connectivity index (χ1) is 9.20. The summed E-state index contributed by atoms with van der Waals surface area (Å²) in [5.41, 5.74) is 0.965. The summed E-state index contributed by atoms with van der Waals surface area (Å²) < 4.78 is 0. The Kier molecular flexibility index (Phi) is 5.68. The fraction of sp³-hybridized carbons (Fsp3) is 0.625. The highest BCUT2D eigenvalue weighted by Gasteiger charge is 2.21. The van der Waals surface area contributed by atoms with Crippen molar-refractivity contribution in [1.82, 2.24) is 4.90 Å². The van der Waals surface area contributed by atoms with Crippen LogP contribution in [0.4, 0.5) is 0 Å². The lowest BCUT2D eigenvalue weighted by Crippen LogP contribution is -2.34. The largest absolute Gasteiger partial charge is 0.388 e. The Labute approximate surface area is 121 Å². The van der Waals surface area contributed by atoms with Gasteiger partial charge in [-0.2, -0.15) is 0 Å². The summed E-state index contributed by atoms with van der Waals surface area (Å²) in [6.07, 6.45) is 5.79. The van der Waals surface area contributed by atoms with Gasteiger partial charge >= 0.3 is 0 Å². The SMILES string of the molecule is CCN(CCC(O)c1ccc(Cl)cc1)C1CCCC1. The molecular formula is C16H24ClNO. The van der Waals surface area contributed by atoms with E-state index >= 15 is 0 Å². The van der Waals surface area contributed by atoms with Crippen molar-refractivity contribution in [2.24, 2.45) is 0 Å². The van der Waals surface area contributed by atoms with Gasteiger partial charge in [0.2, 0.25) is 0 Å². The zero-order valence-electron chi connectivity index (χ0n) is 11.7. The Balaban J connectivity index is 1.84. The summed E-state index contributed by atoms with van der Waals surface area (Å²) in [6, 6.07) is 8.25. The molecule has 0 saturated heterocycles. The third kappa shape index (κ3) is 4.20. The summed E-state index contributed by atoms with van der Waals surface area (Å²) in [4.78, 5) is 2.52. The van der Waals surface area contributed by atoms with Gasteiger partial charge in [0.25, 0.3) is 0 Å². The van der Waals surface area contributed by atoms with Gasteiger partial charge in [0, 0.05) is 17.6 Å². The van der Waals surface area contributed by atoms with E-state index in [9.17, 15) is 5.11 Å². The summed E-state index contributed by atoms with van der Waals surface area (Å²) in [7, 11) is 0. The topological polar surface area (TPSA) is 23.5 Å². The van der Waals surface area contributed by atoms with Crippen LogP contribution in [0.5, 0.6) is 0 Å². The van der Waals surface area contributed by atoms with Gasteiger partial charge in [-0.05, 0) is 43.5 Å². The first-order valence-electron chi connectivity index (χ1n) is 7.38. The zero-order valence-corrected chi connectivity index (χ0v) is 12.4. The van der Waals surface area contributed by atoms with E-state index in [0.29, 0.717) is 0 Å². The van der Waals surface area contributed by atoms with Crippen LogP contribution in [0.15, 0.2) is 24.3 Å². The summed E-state index contributed by atoms with van der Waals surface area (Å²) in [6.45, 7) is 4.27. The summed E-state index contributed by atoms with van der Waals surface area (Å²) in [5, 5.41) is 10.9. The van der Waals surface area contributed by atoms with Crippen molar-refractivity contribution < 1.29 is 5.11 Å². The average Bonchev–Trinajstić information content (AvgIpc) is 2.94. The van der Waals surface area contributed by atoms with Gasteiger partial charge in [-0.25, -0.2) is 0 Å². The molecule has 1 saturated carbocycles. The van der Waals surface area contributed by atoms with Crippen molar-refractivity contribution in [3.8, 4) is 0 Å². The van der Waals surface area contributed by atoms with Crippen molar-refractivity contribution in [3.63, 3.8) is 0 Å². The second kappa shape index (κ2) is 7.28. The molecule has 1 N–H and O–H groups in total. The number of nitrogens with zero attached hydrogens (tertiary/aromatic N) is 1. The van der Waals surface area contributed by atoms with Crippen molar-refractivity contribution in [3.05, 3.63) is 34.9 Å². The Morgan fingerprint density at radius 3 is 2.47 bits per heavy atom. The molecule has 19 heavy (non-hydrogen) atoms. The molecule has 0 amide bonds. The summed E-state index contributed by atoms with van der Waals surface area (Å²) in [5.74, 6) is 0. The fourth-order valence-electron chi connectivity index (χ4n) is 3.01. The fourth-order valence-corrected chi connectivity index (χ4v) is 3.13. The van der Waals surface area contributed by atoms with E-state index in [1.54, 1.807) is 0 Å². The average molecular weight is 282 g/mol. The molecule has 0 aromatic heterocycles. The highest BCUT2D eigenvalue weighted by molar-refractivity contribution is 6.30. The first kappa shape index (κ1) is 14.8. The molecule has 0 heterocycles. The van der Waals surface area contributed by atoms with Gasteiger partial charge in [-0.3, -0.25) is 0 Å². The molecule has 0 aliphatic heterocycles. The molecule has 1 aliphatic rings. The molecule has 1 aromatic carbocycles. The van der Waals surface area contributed by atoms with Crippen LogP contribution in [0.1, 0.15) is 50.7 Å². The maximum Gasteiger partial charge on any atom is 0.0802 e. The van der Waals surface area contributed by atoms with E-state index in [1.807, 2.05) is 24.3 Å². The molecule has 0 radical (unpaired) electrons. The van der Waals surface area contributed by atoms with Gasteiger partial charge in [0.1, 0.15) is 0 Å². The van der Waals surface area contributed by atoms with Crippen LogP contribution in [0, 0.1) is 0 Å². The van der Waals surface area contributed by atoms with Gasteiger partial charge in [-0.15, -0.1) is 0 Å². The molecule has 106 valence electrons. The molecule has 1 aromatic rings. The number of hydrogen-bond donors (Lipinski definition) is 1. The third-order valence-electron chi connectivity index (χ3n) is 4.19. The first-order valence-corrected chi connectivity index (χ1v) is 7.76. The minimum atomic E-state index is -0.382. The Bertz CT molecular complexity index is 373. The lowest BCUT2D eigenvalue weighted by molar-refractivity contribution is 0.127. The van der Waals surface area contributed by atoms with Gasteiger partial charge in [0.15, 0.2) is 0 Å². The molecule has 1 atom stereocenters. The van der Waals surface area contributed by atoms with Crippen molar-refractivity contribution in [1.29, 1.82) is 0 Å². The van der Waals surface area contributed by atoms with Crippen LogP contribution < -0.4 is 0 Å². The van der Waals surface area contributed by atoms with E-state index in [0.717, 1.165) is 36.1 Å². The predicted molar refractivity (Wildman–Crippen MR) is 80.5 cm³/mol. The summed E-state index contributed by atoms with van der Waals surface area (Å²) >= 11 is 5.86. The van der Waals surface area contributed by atoms with Crippen LogP contribution in [0.3, 0.4) is 0 Å². The number of benzene rings is 1. The molecule has 1 unspecified atom stereocenters. The highest BCUT2D eigenvalue weighted by atomic mass is 35.5. The molecule has 1 fully saturated rings. The van der Waals surface area contributed by atoms with E-state index in [2.05, 4.69) is 11.8 Å². The maximum absolute atomic E-state index is 10.2. The van der Waals surface area contributed by atoms with Crippen molar-refractivity contribution in [2.45, 2.75) is 51.2 Å². The van der Waals surface area contributed by atoms with Crippen LogP contribution in [-0.2, 0) is 0 Å². The molecule has 0 bridgehead atoms. The minimum absolute atomic E-state index is 0.382. The quantitative estimate of drug-likeness (QED) is 0.851. The van der Waals surface area contributed by atoms with Crippen LogP contribution in [-0.4, -0.2) is 29.1 Å². The molecule has 3 heteroatoms. The number of aliphatic hydroxyl groups is 1. The smallest absolute Gasteiger partial charge is 0.0802 e. The van der Waals surface area contributed by atoms with Gasteiger partial charge in [0.05, 0.1) is 6.10 Å². The number of hydrogen-bond acceptors (Lipinski definition) is 2. The van der Waals surface area contributed by atoms with Crippen molar-refractivity contribution in [2.75, 3.05) is 13.1 Å². The number of halogens is 1. The Hall–Kier alpha value is -0.570. The third-order valence-corrected chi connectivity index (χ3v) is 4.44. The van der Waals surface area contributed by atoms with E-state index in [1.165, 1.54) is 25.7 Å². The monoisotopic (exact) mass is 281 g/mol. The van der Waals surface area contributed by atoms with E-state index in [4.69, 9.17) is 11.6 Å². The second-order valence-corrected chi connectivity index (χ2v) is 5.86. The van der Waals surface area contributed by atoms with E-state index < -0.39 is 0 Å². The second-order valence-electron chi connectivity index (χ2n) is 5.42. The number of rotatable bonds is 6. The highest BCUT2D eigenvalue weighted by Crippen LogP contribution is 2.25. The zero-order chi connectivity index (χ0) is 13.7. The van der Waals surface area contributed by atoms with Gasteiger partial charge in [-0.1, -0.05) is 43.5 Å². The standard InChI is InChI=1S/C16H24ClNO/c1-2-18(15-5-3-4-6-15)12-11-16(19)13-7-9-14(17)10-8-13/h7-10,15-16,19H,2-6,11-12H2,1H3. The van der Waals surface area contributed by atoms with Crippen LogP contribution >= 0.6 is 11.6 Å². The normalized spacial score (nSPS) is 18.1. The number of aliphatic hydroxyl groups excluding tert-OH is 1. The molecular weight excluding hydrogens is 258 g/mol. The van der Waals surface area contributed by atoms with Gasteiger partial charge < -0.3 is 10.0 Å². The van der Waals surface area contributed by atoms with Crippen LogP contribution in [0.25, 0.3) is 0 Å².